The summed E-state index contributed by atoms with van der Waals surface area (Å²) in [4.78, 5) is 0. The molecular formula is C29H32FNO2. The maximum Gasteiger partial charge on any atom is 0.183 e. The zero-order valence-electron chi connectivity index (χ0n) is 19.4. The lowest BCUT2D eigenvalue weighted by molar-refractivity contribution is -0.206. The SMILES string of the molecule is CCCCCCC1COC(c2ccc3c(F)c(CCc4ccc(C#N)cc4)ccc3c2)OC1. The van der Waals surface area contributed by atoms with Gasteiger partial charge in [0.05, 0.1) is 24.8 Å². The minimum Gasteiger partial charge on any atom is -0.348 e. The van der Waals surface area contributed by atoms with Crippen molar-refractivity contribution in [3.05, 3.63) is 82.7 Å². The van der Waals surface area contributed by atoms with Gasteiger partial charge >= 0.3 is 0 Å². The predicted octanol–water partition coefficient (Wildman–Crippen LogP) is 7.27. The summed E-state index contributed by atoms with van der Waals surface area (Å²) >= 11 is 0. The molecule has 0 bridgehead atoms. The van der Waals surface area contributed by atoms with Crippen molar-refractivity contribution in [1.82, 2.24) is 0 Å². The van der Waals surface area contributed by atoms with E-state index in [0.717, 1.165) is 42.6 Å². The first-order chi connectivity index (χ1) is 16.2. The maximum atomic E-state index is 15.2. The van der Waals surface area contributed by atoms with E-state index in [1.165, 1.54) is 25.7 Å². The third kappa shape index (κ3) is 5.99. The molecule has 0 aromatic heterocycles. The molecule has 33 heavy (non-hydrogen) atoms. The number of nitriles is 1. The van der Waals surface area contributed by atoms with Gasteiger partial charge in [-0.05, 0) is 54.0 Å². The highest BCUT2D eigenvalue weighted by molar-refractivity contribution is 5.84. The molecule has 0 atom stereocenters. The number of aryl methyl sites for hydroxylation is 2. The van der Waals surface area contributed by atoms with E-state index in [2.05, 4.69) is 13.0 Å². The molecule has 4 heteroatoms. The highest BCUT2D eigenvalue weighted by Gasteiger charge is 2.23. The number of nitrogens with zero attached hydrogens (tertiary/aromatic N) is 1. The van der Waals surface area contributed by atoms with Crippen molar-refractivity contribution in [2.75, 3.05) is 13.2 Å². The molecule has 1 saturated heterocycles. The lowest BCUT2D eigenvalue weighted by Crippen LogP contribution is -2.27. The number of rotatable bonds is 9. The van der Waals surface area contributed by atoms with Crippen LogP contribution in [0.5, 0.6) is 0 Å². The molecule has 3 aromatic rings. The minimum absolute atomic E-state index is 0.162. The fourth-order valence-electron chi connectivity index (χ4n) is 4.48. The number of halogens is 1. The van der Waals surface area contributed by atoms with E-state index in [9.17, 15) is 0 Å². The molecule has 0 amide bonds. The summed E-state index contributed by atoms with van der Waals surface area (Å²) in [6.07, 6.45) is 7.18. The quantitative estimate of drug-likeness (QED) is 0.325. The van der Waals surface area contributed by atoms with E-state index in [1.807, 2.05) is 42.5 Å². The molecule has 0 spiro atoms. The van der Waals surface area contributed by atoms with Gasteiger partial charge in [0, 0.05) is 16.9 Å². The van der Waals surface area contributed by atoms with Gasteiger partial charge in [-0.2, -0.15) is 5.26 Å². The van der Waals surface area contributed by atoms with Crippen LogP contribution in [0.1, 0.15) is 67.6 Å². The van der Waals surface area contributed by atoms with Gasteiger partial charge in [0.1, 0.15) is 5.82 Å². The van der Waals surface area contributed by atoms with Crippen LogP contribution >= 0.6 is 0 Å². The number of unbranched alkanes of at least 4 members (excludes halogenated alkanes) is 3. The Morgan fingerprint density at radius 1 is 0.939 bits per heavy atom. The zero-order valence-corrected chi connectivity index (χ0v) is 19.4. The third-order valence-electron chi connectivity index (χ3n) is 6.53. The number of fused-ring (bicyclic) bond motifs is 1. The first-order valence-corrected chi connectivity index (χ1v) is 12.1. The standard InChI is InChI=1S/C29H32FNO2/c1-2-3-4-5-6-23-19-32-29(33-20-23)26-15-16-27-25(17-26)14-13-24(28(27)30)12-11-21-7-9-22(18-31)10-8-21/h7-10,13-17,23,29H,2-6,11-12,19-20H2,1H3. The molecule has 0 radical (unpaired) electrons. The lowest BCUT2D eigenvalue weighted by Gasteiger charge is -2.30. The van der Waals surface area contributed by atoms with Crippen molar-refractivity contribution < 1.29 is 13.9 Å². The summed E-state index contributed by atoms with van der Waals surface area (Å²) in [7, 11) is 0. The van der Waals surface area contributed by atoms with Crippen molar-refractivity contribution in [3.63, 3.8) is 0 Å². The first-order valence-electron chi connectivity index (χ1n) is 12.1. The number of benzene rings is 3. The Balaban J connectivity index is 1.37. The van der Waals surface area contributed by atoms with E-state index in [4.69, 9.17) is 14.7 Å². The Morgan fingerprint density at radius 2 is 1.73 bits per heavy atom. The van der Waals surface area contributed by atoms with E-state index < -0.39 is 0 Å². The Kier molecular flexibility index (Phi) is 8.10. The molecule has 0 N–H and O–H groups in total. The first kappa shape index (κ1) is 23.4. The number of hydrogen-bond acceptors (Lipinski definition) is 3. The van der Waals surface area contributed by atoms with Gasteiger partial charge in [-0.3, -0.25) is 0 Å². The predicted molar refractivity (Wildman–Crippen MR) is 129 cm³/mol. The second-order valence-electron chi connectivity index (χ2n) is 9.04. The van der Waals surface area contributed by atoms with Gasteiger partial charge in [0.2, 0.25) is 0 Å². The maximum absolute atomic E-state index is 15.2. The van der Waals surface area contributed by atoms with Gasteiger partial charge in [-0.1, -0.05) is 69.0 Å². The lowest BCUT2D eigenvalue weighted by atomic mass is 9.98. The molecule has 0 aliphatic carbocycles. The van der Waals surface area contributed by atoms with Crippen molar-refractivity contribution in [2.24, 2.45) is 5.92 Å². The summed E-state index contributed by atoms with van der Waals surface area (Å²) in [6.45, 7) is 3.67. The van der Waals surface area contributed by atoms with Crippen molar-refractivity contribution in [3.8, 4) is 6.07 Å². The zero-order chi connectivity index (χ0) is 23.0. The van der Waals surface area contributed by atoms with Gasteiger partial charge in [-0.25, -0.2) is 4.39 Å². The summed E-state index contributed by atoms with van der Waals surface area (Å²) in [6, 6.07) is 19.2. The molecule has 3 aromatic carbocycles. The Hall–Kier alpha value is -2.74. The summed E-state index contributed by atoms with van der Waals surface area (Å²) < 4.78 is 27.2. The summed E-state index contributed by atoms with van der Waals surface area (Å²) in [5, 5.41) is 10.4. The normalized spacial score (nSPS) is 18.3. The van der Waals surface area contributed by atoms with E-state index >= 15 is 4.39 Å². The summed E-state index contributed by atoms with van der Waals surface area (Å²) in [5.41, 5.74) is 3.38. The van der Waals surface area contributed by atoms with Crippen molar-refractivity contribution in [1.29, 1.82) is 5.26 Å². The molecule has 172 valence electrons. The van der Waals surface area contributed by atoms with E-state index in [-0.39, 0.29) is 12.1 Å². The van der Waals surface area contributed by atoms with Crippen LogP contribution in [0.25, 0.3) is 10.8 Å². The monoisotopic (exact) mass is 445 g/mol. The molecule has 0 unspecified atom stereocenters. The molecule has 3 nitrogen and oxygen atoms in total. The smallest absolute Gasteiger partial charge is 0.183 e. The Bertz CT molecular complexity index is 1100. The topological polar surface area (TPSA) is 42.2 Å². The fourth-order valence-corrected chi connectivity index (χ4v) is 4.48. The Labute approximate surface area is 196 Å². The molecule has 1 aliphatic heterocycles. The third-order valence-corrected chi connectivity index (χ3v) is 6.53. The van der Waals surface area contributed by atoms with Crippen LogP contribution in [0.4, 0.5) is 4.39 Å². The number of ether oxygens (including phenoxy) is 2. The van der Waals surface area contributed by atoms with Gasteiger partial charge in [0.25, 0.3) is 0 Å². The highest BCUT2D eigenvalue weighted by Crippen LogP contribution is 2.31. The molecule has 4 rings (SSSR count). The minimum atomic E-state index is -0.375. The highest BCUT2D eigenvalue weighted by atomic mass is 19.1. The van der Waals surface area contributed by atoms with Crippen molar-refractivity contribution >= 4 is 10.8 Å². The van der Waals surface area contributed by atoms with E-state index in [0.29, 0.717) is 28.9 Å². The largest absolute Gasteiger partial charge is 0.348 e. The Morgan fingerprint density at radius 3 is 2.45 bits per heavy atom. The van der Waals surface area contributed by atoms with Gasteiger partial charge in [0.15, 0.2) is 6.29 Å². The number of hydrogen-bond donors (Lipinski definition) is 0. The molecule has 1 fully saturated rings. The average Bonchev–Trinajstić information content (AvgIpc) is 2.87. The molecule has 1 heterocycles. The van der Waals surface area contributed by atoms with Gasteiger partial charge in [-0.15, -0.1) is 0 Å². The van der Waals surface area contributed by atoms with Crippen LogP contribution in [0.15, 0.2) is 54.6 Å². The van der Waals surface area contributed by atoms with Crippen LogP contribution < -0.4 is 0 Å². The van der Waals surface area contributed by atoms with Crippen LogP contribution in [-0.4, -0.2) is 13.2 Å². The van der Waals surface area contributed by atoms with E-state index in [1.54, 1.807) is 12.1 Å². The van der Waals surface area contributed by atoms with Crippen LogP contribution in [-0.2, 0) is 22.3 Å². The molecular weight excluding hydrogens is 413 g/mol. The fraction of sp³-hybridized carbons (Fsp3) is 0.414. The average molecular weight is 446 g/mol. The van der Waals surface area contributed by atoms with Crippen LogP contribution in [0.3, 0.4) is 0 Å². The van der Waals surface area contributed by atoms with Gasteiger partial charge < -0.3 is 9.47 Å². The van der Waals surface area contributed by atoms with Crippen LogP contribution in [0, 0.1) is 23.1 Å². The second-order valence-corrected chi connectivity index (χ2v) is 9.04. The molecule has 0 saturated carbocycles. The van der Waals surface area contributed by atoms with Crippen molar-refractivity contribution in [2.45, 2.75) is 58.2 Å². The molecule has 1 aliphatic rings. The second kappa shape index (κ2) is 11.4. The summed E-state index contributed by atoms with van der Waals surface area (Å²) in [5.74, 6) is 0.306. The van der Waals surface area contributed by atoms with Crippen LogP contribution in [0.2, 0.25) is 0 Å².